The topological polar surface area (TPSA) is 17.8 Å². The highest BCUT2D eigenvalue weighted by Crippen LogP contribution is 2.48. The molecule has 0 aliphatic carbocycles. The van der Waals surface area contributed by atoms with Crippen molar-refractivity contribution in [2.24, 2.45) is 0 Å². The Morgan fingerprint density at radius 1 is 1.24 bits per heavy atom. The van der Waals surface area contributed by atoms with Gasteiger partial charge >= 0.3 is 0 Å². The van der Waals surface area contributed by atoms with E-state index in [2.05, 4.69) is 46.2 Å². The highest BCUT2D eigenvalue weighted by Gasteiger charge is 2.35. The molecule has 1 aliphatic heterocycles. The molecule has 4 heteroatoms. The van der Waals surface area contributed by atoms with Crippen LogP contribution in [0.4, 0.5) is 0 Å². The van der Waals surface area contributed by atoms with Crippen LogP contribution in [-0.4, -0.2) is 25.1 Å². The number of rotatable bonds is 7. The van der Waals surface area contributed by atoms with Gasteiger partial charge in [0.1, 0.15) is 0 Å². The average molecular weight is 270 g/mol. The van der Waals surface area contributed by atoms with Gasteiger partial charge in [-0.25, -0.2) is 4.98 Å². The van der Waals surface area contributed by atoms with E-state index in [0.717, 1.165) is 6.54 Å². The van der Waals surface area contributed by atoms with E-state index >= 15 is 0 Å². The third-order valence-corrected chi connectivity index (χ3v) is 6.71. The summed E-state index contributed by atoms with van der Waals surface area (Å²) in [5.41, 5.74) is 0. The zero-order valence-electron chi connectivity index (χ0n) is 10.6. The predicted molar refractivity (Wildman–Crippen MR) is 78.6 cm³/mol. The lowest BCUT2D eigenvalue weighted by Gasteiger charge is -2.27. The van der Waals surface area contributed by atoms with Gasteiger partial charge in [-0.2, -0.15) is 0 Å². The molecule has 96 valence electrons. The fourth-order valence-electron chi connectivity index (χ4n) is 2.29. The van der Waals surface area contributed by atoms with Crippen molar-refractivity contribution in [1.29, 1.82) is 0 Å². The molecule has 0 N–H and O–H groups in total. The number of hydrogen-bond donors (Lipinski definition) is 0. The van der Waals surface area contributed by atoms with Crippen molar-refractivity contribution < 1.29 is 0 Å². The Balaban J connectivity index is 1.86. The molecule has 0 radical (unpaired) electrons. The summed E-state index contributed by atoms with van der Waals surface area (Å²) >= 11 is 4.32. The van der Waals surface area contributed by atoms with E-state index in [9.17, 15) is 0 Å². The maximum absolute atomic E-state index is 4.15. The van der Waals surface area contributed by atoms with E-state index in [-0.39, 0.29) is 0 Å². The summed E-state index contributed by atoms with van der Waals surface area (Å²) in [6.45, 7) is 3.40. The highest BCUT2D eigenvalue weighted by molar-refractivity contribution is 8.21. The Morgan fingerprint density at radius 2 is 2.06 bits per heavy atom. The van der Waals surface area contributed by atoms with Crippen molar-refractivity contribution in [2.75, 3.05) is 11.5 Å². The Hall–Kier alpha value is -0.0900. The van der Waals surface area contributed by atoms with Crippen LogP contribution in [0, 0.1) is 0 Å². The largest absolute Gasteiger partial charge is 0.335 e. The van der Waals surface area contributed by atoms with Crippen molar-refractivity contribution in [2.45, 2.75) is 49.7 Å². The van der Waals surface area contributed by atoms with Crippen LogP contribution in [0.25, 0.3) is 0 Å². The number of imidazole rings is 1. The Kier molecular flexibility index (Phi) is 5.29. The minimum absolute atomic E-state index is 0.425. The van der Waals surface area contributed by atoms with Gasteiger partial charge < -0.3 is 4.57 Å². The quantitative estimate of drug-likeness (QED) is 0.697. The summed E-state index contributed by atoms with van der Waals surface area (Å²) in [6, 6.07) is 0. The van der Waals surface area contributed by atoms with Crippen LogP contribution in [0.5, 0.6) is 0 Å². The first-order valence-electron chi connectivity index (χ1n) is 6.58. The molecular weight excluding hydrogens is 248 g/mol. The van der Waals surface area contributed by atoms with Crippen molar-refractivity contribution in [3.63, 3.8) is 0 Å². The van der Waals surface area contributed by atoms with Gasteiger partial charge in [0, 0.05) is 30.4 Å². The summed E-state index contributed by atoms with van der Waals surface area (Å²) in [5.74, 6) is 2.63. The van der Waals surface area contributed by atoms with E-state index in [0.29, 0.717) is 4.08 Å². The summed E-state index contributed by atoms with van der Waals surface area (Å²) < 4.78 is 2.67. The average Bonchev–Trinajstić information content (AvgIpc) is 2.98. The van der Waals surface area contributed by atoms with Crippen LogP contribution >= 0.6 is 23.5 Å². The molecule has 0 atom stereocenters. The summed E-state index contributed by atoms with van der Waals surface area (Å²) in [7, 11) is 0. The molecule has 0 spiro atoms. The van der Waals surface area contributed by atoms with Crippen LogP contribution < -0.4 is 0 Å². The number of thioether (sulfide) groups is 2. The Labute approximate surface area is 113 Å². The molecule has 0 unspecified atom stereocenters. The number of aromatic nitrogens is 2. The summed E-state index contributed by atoms with van der Waals surface area (Å²) in [5, 5.41) is 0. The molecule has 1 fully saturated rings. The fourth-order valence-corrected chi connectivity index (χ4v) is 5.59. The first-order chi connectivity index (χ1) is 8.35. The molecule has 2 rings (SSSR count). The Morgan fingerprint density at radius 3 is 2.71 bits per heavy atom. The maximum atomic E-state index is 4.15. The molecule has 17 heavy (non-hydrogen) atoms. The molecule has 2 heterocycles. The molecule has 2 nitrogen and oxygen atoms in total. The fraction of sp³-hybridized carbons (Fsp3) is 0.769. The minimum atomic E-state index is 0.425. The van der Waals surface area contributed by atoms with Gasteiger partial charge in [0.05, 0.1) is 10.4 Å². The molecule has 1 aromatic rings. The summed E-state index contributed by atoms with van der Waals surface area (Å²) in [4.78, 5) is 4.15. The van der Waals surface area contributed by atoms with Gasteiger partial charge in [0.2, 0.25) is 0 Å². The van der Waals surface area contributed by atoms with E-state index in [1.54, 1.807) is 0 Å². The first kappa shape index (κ1) is 13.3. The molecule has 0 aromatic carbocycles. The normalized spacial score (nSPS) is 18.6. The minimum Gasteiger partial charge on any atom is -0.335 e. The van der Waals surface area contributed by atoms with Crippen molar-refractivity contribution in [1.82, 2.24) is 9.55 Å². The van der Waals surface area contributed by atoms with Gasteiger partial charge in [-0.05, 0) is 6.42 Å². The second kappa shape index (κ2) is 6.74. The van der Waals surface area contributed by atoms with Crippen LogP contribution in [0.1, 0.15) is 39.0 Å². The lowest BCUT2D eigenvalue weighted by molar-refractivity contribution is 0.546. The van der Waals surface area contributed by atoms with Gasteiger partial charge in [-0.15, -0.1) is 23.5 Å². The highest BCUT2D eigenvalue weighted by atomic mass is 32.2. The lowest BCUT2D eigenvalue weighted by atomic mass is 10.1. The predicted octanol–water partition coefficient (Wildman–Crippen LogP) is 4.03. The van der Waals surface area contributed by atoms with Gasteiger partial charge in [0.25, 0.3) is 0 Å². The molecule has 0 amide bonds. The van der Waals surface area contributed by atoms with Crippen molar-refractivity contribution in [3.8, 4) is 0 Å². The number of nitrogens with zero attached hydrogens (tertiary/aromatic N) is 2. The van der Waals surface area contributed by atoms with Crippen LogP contribution in [0.3, 0.4) is 0 Å². The SMILES string of the molecule is CCCCCCC1(Cn2ccnc2)SCCS1. The lowest BCUT2D eigenvalue weighted by Crippen LogP contribution is -2.24. The molecular formula is C13H22N2S2. The van der Waals surface area contributed by atoms with E-state index in [1.165, 1.54) is 43.6 Å². The molecule has 1 aromatic heterocycles. The number of unbranched alkanes of at least 4 members (excludes halogenated alkanes) is 3. The van der Waals surface area contributed by atoms with Gasteiger partial charge in [0.15, 0.2) is 0 Å². The van der Waals surface area contributed by atoms with Crippen molar-refractivity contribution >= 4 is 23.5 Å². The van der Waals surface area contributed by atoms with E-state index < -0.39 is 0 Å². The van der Waals surface area contributed by atoms with Crippen molar-refractivity contribution in [3.05, 3.63) is 18.7 Å². The third-order valence-electron chi connectivity index (χ3n) is 3.21. The molecule has 1 saturated heterocycles. The van der Waals surface area contributed by atoms with Crippen LogP contribution in [-0.2, 0) is 6.54 Å². The zero-order chi connectivity index (χ0) is 12.0. The second-order valence-corrected chi connectivity index (χ2v) is 7.87. The second-order valence-electron chi connectivity index (χ2n) is 4.65. The third kappa shape index (κ3) is 3.95. The van der Waals surface area contributed by atoms with E-state index in [4.69, 9.17) is 0 Å². The summed E-state index contributed by atoms with van der Waals surface area (Å²) in [6.07, 6.45) is 12.8. The van der Waals surface area contributed by atoms with E-state index in [1.807, 2.05) is 12.5 Å². The number of hydrogen-bond acceptors (Lipinski definition) is 3. The first-order valence-corrected chi connectivity index (χ1v) is 8.55. The van der Waals surface area contributed by atoms with Gasteiger partial charge in [-0.1, -0.05) is 32.6 Å². The molecule has 0 bridgehead atoms. The van der Waals surface area contributed by atoms with Crippen LogP contribution in [0.2, 0.25) is 0 Å². The van der Waals surface area contributed by atoms with Crippen LogP contribution in [0.15, 0.2) is 18.7 Å². The maximum Gasteiger partial charge on any atom is 0.0946 e. The van der Waals surface area contributed by atoms with Gasteiger partial charge in [-0.3, -0.25) is 0 Å². The monoisotopic (exact) mass is 270 g/mol. The molecule has 1 aliphatic rings. The zero-order valence-corrected chi connectivity index (χ0v) is 12.2. The standard InChI is InChI=1S/C13H22N2S2/c1-2-3-4-5-6-13(16-9-10-17-13)11-15-8-7-14-12-15/h7-8,12H,2-6,9-11H2,1H3. The molecule has 0 saturated carbocycles. The Bertz CT molecular complexity index is 305. The smallest absolute Gasteiger partial charge is 0.0946 e.